The largest absolute Gasteiger partial charge is 0.396 e. The Morgan fingerprint density at radius 3 is 2.27 bits per heavy atom. The number of rotatable bonds is 14. The van der Waals surface area contributed by atoms with Crippen molar-refractivity contribution in [3.63, 3.8) is 0 Å². The monoisotopic (exact) mass is 575 g/mol. The molecule has 3 aliphatic rings. The van der Waals surface area contributed by atoms with Crippen LogP contribution in [0.2, 0.25) is 0 Å². The lowest BCUT2D eigenvalue weighted by molar-refractivity contribution is -0.147. The van der Waals surface area contributed by atoms with Crippen LogP contribution in [0.3, 0.4) is 0 Å². The normalized spacial score (nSPS) is 29.4. The maximum Gasteiger partial charge on any atom is 0.247 e. The molecule has 0 saturated carbocycles. The predicted octanol–water partition coefficient (Wildman–Crippen LogP) is 4.75. The first-order chi connectivity index (χ1) is 18.7. The molecule has 3 amide bonds. The lowest BCUT2D eigenvalue weighted by Crippen LogP contribution is -2.61. The molecule has 2 bridgehead atoms. The van der Waals surface area contributed by atoms with Crippen LogP contribution < -0.4 is 0 Å². The lowest BCUT2D eigenvalue weighted by atomic mass is 9.65. The molecular formula is C32H53N3O4S. The van der Waals surface area contributed by atoms with E-state index in [4.69, 9.17) is 0 Å². The highest BCUT2D eigenvalue weighted by atomic mass is 32.2. The molecule has 3 fully saturated rings. The summed E-state index contributed by atoms with van der Waals surface area (Å²) in [6.45, 7) is 22.2. The number of nitrogens with zero attached hydrogens (tertiary/aromatic N) is 3. The quantitative estimate of drug-likeness (QED) is 0.239. The van der Waals surface area contributed by atoms with Gasteiger partial charge in [-0.25, -0.2) is 0 Å². The Morgan fingerprint density at radius 1 is 1.07 bits per heavy atom. The van der Waals surface area contributed by atoms with E-state index in [1.807, 2.05) is 9.80 Å². The molecule has 1 N–H and O–H groups in total. The van der Waals surface area contributed by atoms with Crippen molar-refractivity contribution >= 4 is 29.5 Å². The summed E-state index contributed by atoms with van der Waals surface area (Å²) in [5.41, 5.74) is -0.443. The Kier molecular flexibility index (Phi) is 10.3. The number of aliphatic hydroxyl groups is 1. The fraction of sp³-hybridized carbons (Fsp3) is 0.781. The van der Waals surface area contributed by atoms with Crippen LogP contribution in [0.4, 0.5) is 0 Å². The van der Waals surface area contributed by atoms with Gasteiger partial charge in [0.15, 0.2) is 0 Å². The summed E-state index contributed by atoms with van der Waals surface area (Å²) in [5, 5.41) is 9.24. The van der Waals surface area contributed by atoms with Gasteiger partial charge in [-0.15, -0.1) is 24.9 Å². The predicted molar refractivity (Wildman–Crippen MR) is 164 cm³/mol. The van der Waals surface area contributed by atoms with Crippen molar-refractivity contribution in [2.24, 2.45) is 23.2 Å². The standard InChI is InChI=1S/C32H53N3O4S/c1-10-16-33(9)27(37)24-23-20-22(3)32(40-23)25(24)28(38)34(18-14-12-13-15-19-36)26(32)29(39)35(17-11-2)31(7,8)21-30(4,5)6/h10-11,22-26,36H,1-2,12-21H2,3-9H3/t22?,23-,24+,25+,26?,32?/m1/s1. The molecule has 3 aliphatic heterocycles. The van der Waals surface area contributed by atoms with E-state index in [-0.39, 0.29) is 40.9 Å². The van der Waals surface area contributed by atoms with Gasteiger partial charge in [-0.1, -0.05) is 52.7 Å². The van der Waals surface area contributed by atoms with Crippen LogP contribution in [0.5, 0.6) is 0 Å². The second-order valence-corrected chi connectivity index (χ2v) is 15.6. The van der Waals surface area contributed by atoms with Gasteiger partial charge in [-0.2, -0.15) is 0 Å². The van der Waals surface area contributed by atoms with Crippen LogP contribution in [-0.2, 0) is 14.4 Å². The van der Waals surface area contributed by atoms with E-state index < -0.39 is 28.2 Å². The van der Waals surface area contributed by atoms with Gasteiger partial charge >= 0.3 is 0 Å². The number of thioether (sulfide) groups is 1. The molecule has 3 saturated heterocycles. The van der Waals surface area contributed by atoms with Gasteiger partial charge in [0.1, 0.15) is 6.04 Å². The van der Waals surface area contributed by atoms with E-state index >= 15 is 0 Å². The van der Waals surface area contributed by atoms with Gasteiger partial charge in [-0.05, 0) is 50.9 Å². The molecule has 0 aliphatic carbocycles. The molecule has 226 valence electrons. The molecule has 0 radical (unpaired) electrons. The zero-order valence-corrected chi connectivity index (χ0v) is 26.8. The highest BCUT2D eigenvalue weighted by molar-refractivity contribution is 8.02. The molecule has 0 aromatic carbocycles. The average Bonchev–Trinajstić information content (AvgIpc) is 3.44. The highest BCUT2D eigenvalue weighted by Crippen LogP contribution is 2.69. The maximum absolute atomic E-state index is 14.9. The third-order valence-corrected chi connectivity index (χ3v) is 11.2. The minimum atomic E-state index is -0.628. The van der Waals surface area contributed by atoms with E-state index in [0.717, 1.165) is 38.5 Å². The molecule has 0 aromatic heterocycles. The van der Waals surface area contributed by atoms with Crippen molar-refractivity contribution in [2.45, 2.75) is 102 Å². The number of fused-ring (bicyclic) bond motifs is 1. The molecule has 1 spiro atoms. The van der Waals surface area contributed by atoms with Gasteiger partial charge in [0.25, 0.3) is 0 Å². The average molecular weight is 576 g/mol. The third-order valence-electron chi connectivity index (χ3n) is 9.12. The van der Waals surface area contributed by atoms with E-state index in [2.05, 4.69) is 54.7 Å². The van der Waals surface area contributed by atoms with E-state index in [9.17, 15) is 19.5 Å². The smallest absolute Gasteiger partial charge is 0.247 e. The molecule has 40 heavy (non-hydrogen) atoms. The molecular weight excluding hydrogens is 522 g/mol. The van der Waals surface area contributed by atoms with E-state index in [0.29, 0.717) is 19.6 Å². The van der Waals surface area contributed by atoms with Gasteiger partial charge in [0, 0.05) is 44.1 Å². The molecule has 3 rings (SSSR count). The third kappa shape index (κ3) is 6.04. The van der Waals surface area contributed by atoms with Crippen LogP contribution in [-0.4, -0.2) is 92.4 Å². The number of hydrogen-bond donors (Lipinski definition) is 1. The molecule has 0 aromatic rings. The van der Waals surface area contributed by atoms with Crippen molar-refractivity contribution in [3.8, 4) is 0 Å². The summed E-state index contributed by atoms with van der Waals surface area (Å²) >= 11 is 1.74. The molecule has 6 atom stereocenters. The highest BCUT2D eigenvalue weighted by Gasteiger charge is 2.76. The maximum atomic E-state index is 14.9. The summed E-state index contributed by atoms with van der Waals surface area (Å²) in [4.78, 5) is 48.5. The zero-order valence-electron chi connectivity index (χ0n) is 25.9. The van der Waals surface area contributed by atoms with Gasteiger partial charge in [0.2, 0.25) is 17.7 Å². The van der Waals surface area contributed by atoms with Crippen LogP contribution >= 0.6 is 11.8 Å². The second kappa shape index (κ2) is 12.6. The number of carbonyl (C=O) groups excluding carboxylic acids is 3. The molecule has 8 heteroatoms. The number of unbranched alkanes of at least 4 members (excludes halogenated alkanes) is 3. The first-order valence-corrected chi connectivity index (χ1v) is 15.9. The SMILES string of the molecule is C=CCN(C)C(=O)[C@@H]1[C@H]2C(=O)N(CCCCCCO)C(C(=O)N(CC=C)C(C)(C)CC(C)(C)C)C23S[C@@H]1CC3C. The van der Waals surface area contributed by atoms with Crippen molar-refractivity contribution < 1.29 is 19.5 Å². The second-order valence-electron chi connectivity index (χ2n) is 14.0. The van der Waals surface area contributed by atoms with Gasteiger partial charge in [-0.3, -0.25) is 14.4 Å². The van der Waals surface area contributed by atoms with Crippen molar-refractivity contribution in [1.82, 2.24) is 14.7 Å². The summed E-state index contributed by atoms with van der Waals surface area (Å²) in [7, 11) is 1.78. The Balaban J connectivity index is 2.07. The van der Waals surface area contributed by atoms with Crippen molar-refractivity contribution in [1.29, 1.82) is 0 Å². The van der Waals surface area contributed by atoms with Crippen LogP contribution in [0.1, 0.15) is 80.1 Å². The topological polar surface area (TPSA) is 81.2 Å². The van der Waals surface area contributed by atoms with Crippen molar-refractivity contribution in [2.75, 3.05) is 33.3 Å². The number of amides is 3. The van der Waals surface area contributed by atoms with Crippen molar-refractivity contribution in [3.05, 3.63) is 25.3 Å². The van der Waals surface area contributed by atoms with Gasteiger partial charge < -0.3 is 19.8 Å². The molecule has 3 unspecified atom stereocenters. The van der Waals surface area contributed by atoms with Crippen LogP contribution in [0, 0.1) is 23.2 Å². The van der Waals surface area contributed by atoms with E-state index in [1.165, 1.54) is 0 Å². The number of likely N-dealkylation sites (tertiary alicyclic amines) is 1. The van der Waals surface area contributed by atoms with Crippen LogP contribution in [0.25, 0.3) is 0 Å². The fourth-order valence-electron chi connectivity index (χ4n) is 7.91. The number of aliphatic hydroxyl groups excluding tert-OH is 1. The number of likely N-dealkylation sites (N-methyl/N-ethyl adjacent to an activating group) is 1. The minimum absolute atomic E-state index is 0.00299. The van der Waals surface area contributed by atoms with Gasteiger partial charge in [0.05, 0.1) is 16.6 Å². The first kappa shape index (κ1) is 32.7. The number of carbonyl (C=O) groups is 3. The molecule has 7 nitrogen and oxygen atoms in total. The summed E-state index contributed by atoms with van der Waals surface area (Å²) < 4.78 is -0.628. The zero-order chi connectivity index (χ0) is 30.0. The fourth-order valence-corrected chi connectivity index (χ4v) is 10.3. The van der Waals surface area contributed by atoms with Crippen LogP contribution in [0.15, 0.2) is 25.3 Å². The molecule has 3 heterocycles. The summed E-state index contributed by atoms with van der Waals surface area (Å²) in [6.07, 6.45) is 8.39. The Labute approximate surface area is 246 Å². The van der Waals surface area contributed by atoms with E-state index in [1.54, 1.807) is 35.9 Å². The Morgan fingerprint density at radius 2 is 1.70 bits per heavy atom. The first-order valence-electron chi connectivity index (χ1n) is 15.0. The number of hydrogen-bond acceptors (Lipinski definition) is 5. The minimum Gasteiger partial charge on any atom is -0.396 e. The summed E-state index contributed by atoms with van der Waals surface area (Å²) in [6, 6.07) is -0.616. The Hall–Kier alpha value is -1.80. The Bertz CT molecular complexity index is 976. The lowest BCUT2D eigenvalue weighted by Gasteiger charge is -2.47. The summed E-state index contributed by atoms with van der Waals surface area (Å²) in [5.74, 6) is -0.878.